The first-order valence-electron chi connectivity index (χ1n) is 9.00. The third kappa shape index (κ3) is 6.08. The van der Waals surface area contributed by atoms with Gasteiger partial charge in [-0.25, -0.2) is 17.4 Å². The Labute approximate surface area is 181 Å². The van der Waals surface area contributed by atoms with Crippen LogP contribution in [0.5, 0.6) is 0 Å². The van der Waals surface area contributed by atoms with Crippen molar-refractivity contribution in [2.75, 3.05) is 14.2 Å². The van der Waals surface area contributed by atoms with Crippen LogP contribution in [0.1, 0.15) is 6.92 Å². The number of hydrogen-bond donors (Lipinski definition) is 5. The van der Waals surface area contributed by atoms with Gasteiger partial charge in [-0.2, -0.15) is 0 Å². The second kappa shape index (κ2) is 10.6. The molecule has 4 unspecified atom stereocenters. The van der Waals surface area contributed by atoms with Gasteiger partial charge in [0.25, 0.3) is 0 Å². The van der Waals surface area contributed by atoms with E-state index in [0.29, 0.717) is 0 Å². The number of aliphatic hydroxyl groups is 3. The maximum absolute atomic E-state index is 11.6. The van der Waals surface area contributed by atoms with Crippen molar-refractivity contribution in [2.24, 2.45) is 0 Å². The number of amides is 1. The summed E-state index contributed by atoms with van der Waals surface area (Å²) >= 11 is 0. The highest BCUT2D eigenvalue weighted by Crippen LogP contribution is 2.31. The van der Waals surface area contributed by atoms with E-state index in [4.69, 9.17) is 23.7 Å². The molecule has 0 aromatic rings. The van der Waals surface area contributed by atoms with Crippen LogP contribution in [0.2, 0.25) is 0 Å². The van der Waals surface area contributed by atoms with Crippen LogP contribution >= 0.6 is 0 Å². The summed E-state index contributed by atoms with van der Waals surface area (Å²) in [5, 5.41) is 42.7. The highest BCUT2D eigenvalue weighted by atomic mass is 32.3. The van der Waals surface area contributed by atoms with Crippen molar-refractivity contribution in [1.82, 2.24) is 5.32 Å². The van der Waals surface area contributed by atoms with Crippen LogP contribution in [0.25, 0.3) is 0 Å². The number of rotatable bonds is 8. The summed E-state index contributed by atoms with van der Waals surface area (Å²) in [4.78, 5) is 23.1. The second-order valence-electron chi connectivity index (χ2n) is 6.88. The zero-order valence-electron chi connectivity index (χ0n) is 17.0. The lowest BCUT2D eigenvalue weighted by Crippen LogP contribution is -2.68. The molecule has 0 aliphatic carbocycles. The summed E-state index contributed by atoms with van der Waals surface area (Å²) in [5.41, 5.74) is 0. The lowest BCUT2D eigenvalue weighted by Gasteiger charge is -2.47. The maximum atomic E-state index is 11.6. The smallest absolute Gasteiger partial charge is 0.335 e. The SMILES string of the molecule is CO[C@H]1O[C@H](OS(=O)(=O)[O-])[C@@H](O)C(O[C@H]2O[C@H](C(=O)O)[C@@H](OC)C(O)C2O)C1NC(C)=O. The molecule has 0 bridgehead atoms. The fourth-order valence-corrected chi connectivity index (χ4v) is 3.73. The molecule has 0 spiro atoms. The van der Waals surface area contributed by atoms with Crippen LogP contribution < -0.4 is 5.32 Å². The zero-order chi connectivity index (χ0) is 24.4. The van der Waals surface area contributed by atoms with Gasteiger partial charge in [-0.3, -0.25) is 4.79 Å². The Morgan fingerprint density at radius 1 is 0.938 bits per heavy atom. The topological polar surface area (TPSA) is 240 Å². The molecule has 10 atom stereocenters. The number of methoxy groups -OCH3 is 2. The molecule has 5 N–H and O–H groups in total. The van der Waals surface area contributed by atoms with Crippen molar-refractivity contribution < 1.29 is 70.9 Å². The molecule has 16 nitrogen and oxygen atoms in total. The van der Waals surface area contributed by atoms with Crippen molar-refractivity contribution in [3.63, 3.8) is 0 Å². The molecule has 0 aromatic carbocycles. The summed E-state index contributed by atoms with van der Waals surface area (Å²) in [6.07, 6.45) is -16.5. The zero-order valence-corrected chi connectivity index (χ0v) is 17.8. The predicted molar refractivity (Wildman–Crippen MR) is 94.0 cm³/mol. The number of carbonyl (C=O) groups is 2. The fourth-order valence-electron chi connectivity index (χ4n) is 3.33. The number of carboxylic acids is 1. The van der Waals surface area contributed by atoms with Gasteiger partial charge in [-0.15, -0.1) is 0 Å². The van der Waals surface area contributed by atoms with Crippen LogP contribution in [0.3, 0.4) is 0 Å². The molecule has 2 fully saturated rings. The molecule has 0 saturated carbocycles. The van der Waals surface area contributed by atoms with Crippen LogP contribution in [0, 0.1) is 0 Å². The van der Waals surface area contributed by atoms with Crippen LogP contribution in [-0.4, -0.2) is 121 Å². The molecule has 2 heterocycles. The van der Waals surface area contributed by atoms with Gasteiger partial charge in [0.15, 0.2) is 18.7 Å². The summed E-state index contributed by atoms with van der Waals surface area (Å²) in [7, 11) is -3.23. The van der Waals surface area contributed by atoms with E-state index >= 15 is 0 Å². The Morgan fingerprint density at radius 2 is 1.56 bits per heavy atom. The number of aliphatic carboxylic acids is 1. The molecule has 2 aliphatic heterocycles. The average Bonchev–Trinajstić information content (AvgIpc) is 2.68. The van der Waals surface area contributed by atoms with E-state index in [1.165, 1.54) is 0 Å². The Hall–Kier alpha value is -1.51. The number of nitrogens with one attached hydrogen (secondary N) is 1. The van der Waals surface area contributed by atoms with E-state index in [9.17, 15) is 43.0 Å². The van der Waals surface area contributed by atoms with Crippen LogP contribution in [0.15, 0.2) is 0 Å². The number of carbonyl (C=O) groups excluding carboxylic acids is 1. The molecule has 186 valence electrons. The van der Waals surface area contributed by atoms with Crippen molar-refractivity contribution >= 4 is 22.3 Å². The van der Waals surface area contributed by atoms with Crippen LogP contribution in [0.4, 0.5) is 0 Å². The second-order valence-corrected chi connectivity index (χ2v) is 7.88. The van der Waals surface area contributed by atoms with Gasteiger partial charge in [-0.1, -0.05) is 0 Å². The molecule has 32 heavy (non-hydrogen) atoms. The number of carboxylic acid groups (broad SMARTS) is 1. The molecule has 2 rings (SSSR count). The van der Waals surface area contributed by atoms with Gasteiger partial charge < -0.3 is 54.0 Å². The number of aliphatic hydroxyl groups excluding tert-OH is 3. The summed E-state index contributed by atoms with van der Waals surface area (Å²) in [5.74, 6) is -2.25. The van der Waals surface area contributed by atoms with Gasteiger partial charge in [0.05, 0.1) is 0 Å². The van der Waals surface area contributed by atoms with Crippen molar-refractivity contribution in [1.29, 1.82) is 0 Å². The highest BCUT2D eigenvalue weighted by molar-refractivity contribution is 7.80. The van der Waals surface area contributed by atoms with E-state index in [1.54, 1.807) is 0 Å². The standard InChI is InChI=1S/C15H25NO15S/c1-4(17)16-5-9(8(20)15(30-13(5)27-3)31-32(23,24)25)28-14-7(19)6(18)10(26-2)11(29-14)12(21)22/h5-11,13-15,18-20H,1-3H3,(H,16,17)(H,21,22)(H,23,24,25)/p-1/t5?,6?,7?,8-,9?,10-,11-,13-,14-,15+/m0/s1. The maximum Gasteiger partial charge on any atom is 0.335 e. The largest absolute Gasteiger partial charge is 0.725 e. The molecule has 2 aliphatic rings. The quantitative estimate of drug-likeness (QED) is 0.159. The number of ether oxygens (including phenoxy) is 5. The highest BCUT2D eigenvalue weighted by Gasteiger charge is 2.53. The third-order valence-electron chi connectivity index (χ3n) is 4.70. The normalized spacial score (nSPS) is 40.6. The first-order valence-corrected chi connectivity index (χ1v) is 10.3. The third-order valence-corrected chi connectivity index (χ3v) is 5.12. The summed E-state index contributed by atoms with van der Waals surface area (Å²) in [6.45, 7) is 1.08. The van der Waals surface area contributed by atoms with Crippen molar-refractivity contribution in [3.8, 4) is 0 Å². The van der Waals surface area contributed by atoms with Gasteiger partial charge in [-0.05, 0) is 0 Å². The van der Waals surface area contributed by atoms with E-state index in [2.05, 4.69) is 9.50 Å². The minimum Gasteiger partial charge on any atom is -0.725 e. The van der Waals surface area contributed by atoms with E-state index in [0.717, 1.165) is 21.1 Å². The molecule has 0 aromatic heterocycles. The molecular formula is C15H24NO15S-. The van der Waals surface area contributed by atoms with Crippen molar-refractivity contribution in [2.45, 2.75) is 68.5 Å². The predicted octanol–water partition coefficient (Wildman–Crippen LogP) is -4.41. The van der Waals surface area contributed by atoms with Gasteiger partial charge in [0.2, 0.25) is 22.6 Å². The Morgan fingerprint density at radius 3 is 2.03 bits per heavy atom. The van der Waals surface area contributed by atoms with E-state index in [1.807, 2.05) is 0 Å². The molecular weight excluding hydrogens is 466 g/mol. The molecule has 17 heteroatoms. The van der Waals surface area contributed by atoms with Crippen LogP contribution in [-0.2, 0) is 47.9 Å². The Kier molecular flexibility index (Phi) is 8.87. The first kappa shape index (κ1) is 26.7. The lowest BCUT2D eigenvalue weighted by molar-refractivity contribution is -0.353. The van der Waals surface area contributed by atoms with Gasteiger partial charge in [0, 0.05) is 21.1 Å². The number of hydrogen-bond acceptors (Lipinski definition) is 14. The first-order chi connectivity index (χ1) is 14.8. The monoisotopic (exact) mass is 490 g/mol. The fraction of sp³-hybridized carbons (Fsp3) is 0.867. The summed E-state index contributed by atoms with van der Waals surface area (Å²) < 4.78 is 62.6. The lowest BCUT2D eigenvalue weighted by atomic mass is 9.97. The Bertz CT molecular complexity index is 777. The molecule has 2 saturated heterocycles. The van der Waals surface area contributed by atoms with E-state index in [-0.39, 0.29) is 0 Å². The van der Waals surface area contributed by atoms with Crippen molar-refractivity contribution in [3.05, 3.63) is 0 Å². The van der Waals surface area contributed by atoms with Gasteiger partial charge >= 0.3 is 5.97 Å². The van der Waals surface area contributed by atoms with Gasteiger partial charge in [0.1, 0.15) is 36.6 Å². The average molecular weight is 490 g/mol. The molecule has 0 radical (unpaired) electrons. The summed E-state index contributed by atoms with van der Waals surface area (Å²) in [6, 6.07) is -1.39. The molecule has 1 amide bonds. The van der Waals surface area contributed by atoms with E-state index < -0.39 is 83.8 Å². The Balaban J connectivity index is 2.37. The minimum atomic E-state index is -5.38. The minimum absolute atomic E-state index is 0.676.